The standard InChI is InChI=1S/C13H13F3O3/c1-2-19-12(18)8-7-11(17)9-3-5-10(6-4-9)13(14,15)16/h3-6H,2,7-8H2,1H3. The summed E-state index contributed by atoms with van der Waals surface area (Å²) in [4.78, 5) is 22.7. The van der Waals surface area contributed by atoms with Crippen LogP contribution in [0.25, 0.3) is 0 Å². The van der Waals surface area contributed by atoms with E-state index < -0.39 is 17.7 Å². The lowest BCUT2D eigenvalue weighted by atomic mass is 10.0. The molecule has 0 aliphatic heterocycles. The number of carbonyl (C=O) groups excluding carboxylic acids is 2. The summed E-state index contributed by atoms with van der Waals surface area (Å²) in [6.45, 7) is 1.88. The van der Waals surface area contributed by atoms with E-state index in [9.17, 15) is 22.8 Å². The molecule has 1 rings (SSSR count). The van der Waals surface area contributed by atoms with Crippen LogP contribution >= 0.6 is 0 Å². The zero-order valence-electron chi connectivity index (χ0n) is 10.3. The lowest BCUT2D eigenvalue weighted by Crippen LogP contribution is -2.09. The van der Waals surface area contributed by atoms with Gasteiger partial charge in [0.2, 0.25) is 0 Å². The molecule has 0 fully saturated rings. The molecule has 19 heavy (non-hydrogen) atoms. The average Bonchev–Trinajstić information content (AvgIpc) is 2.35. The van der Waals surface area contributed by atoms with Crippen LogP contribution in [0.15, 0.2) is 24.3 Å². The molecule has 1 aromatic carbocycles. The van der Waals surface area contributed by atoms with E-state index in [1.54, 1.807) is 6.92 Å². The molecule has 3 nitrogen and oxygen atoms in total. The molecule has 1 aromatic rings. The van der Waals surface area contributed by atoms with Crippen molar-refractivity contribution in [3.8, 4) is 0 Å². The molecule has 0 unspecified atom stereocenters. The van der Waals surface area contributed by atoms with Gasteiger partial charge in [0.1, 0.15) is 0 Å². The summed E-state index contributed by atoms with van der Waals surface area (Å²) in [6.07, 6.45) is -4.58. The Morgan fingerprint density at radius 2 is 1.68 bits per heavy atom. The molecule has 0 bridgehead atoms. The molecule has 6 heteroatoms. The largest absolute Gasteiger partial charge is 0.466 e. The highest BCUT2D eigenvalue weighted by atomic mass is 19.4. The number of Topliss-reactive ketones (excluding diaryl/α,β-unsaturated/α-hetero) is 1. The van der Waals surface area contributed by atoms with Gasteiger partial charge in [0, 0.05) is 12.0 Å². The first-order valence-electron chi connectivity index (χ1n) is 5.70. The van der Waals surface area contributed by atoms with Gasteiger partial charge >= 0.3 is 12.1 Å². The number of hydrogen-bond donors (Lipinski definition) is 0. The van der Waals surface area contributed by atoms with Crippen LogP contribution in [-0.4, -0.2) is 18.4 Å². The Bertz CT molecular complexity index is 449. The van der Waals surface area contributed by atoms with Crippen molar-refractivity contribution in [2.75, 3.05) is 6.61 Å². The minimum absolute atomic E-state index is 0.0757. The highest BCUT2D eigenvalue weighted by molar-refractivity contribution is 5.97. The van der Waals surface area contributed by atoms with E-state index in [1.807, 2.05) is 0 Å². The van der Waals surface area contributed by atoms with Gasteiger partial charge in [0.15, 0.2) is 5.78 Å². The summed E-state index contributed by atoms with van der Waals surface area (Å²) in [5, 5.41) is 0. The molecule has 0 aliphatic carbocycles. The maximum atomic E-state index is 12.3. The average molecular weight is 274 g/mol. The van der Waals surface area contributed by atoms with Gasteiger partial charge in [0.05, 0.1) is 18.6 Å². The predicted octanol–water partition coefficient (Wildman–Crippen LogP) is 3.23. The lowest BCUT2D eigenvalue weighted by Gasteiger charge is -2.07. The van der Waals surface area contributed by atoms with E-state index in [4.69, 9.17) is 0 Å². The molecule has 0 saturated carbocycles. The van der Waals surface area contributed by atoms with Crippen molar-refractivity contribution in [2.24, 2.45) is 0 Å². The molecule has 0 aliphatic rings. The fourth-order valence-electron chi connectivity index (χ4n) is 1.44. The first kappa shape index (κ1) is 15.2. The van der Waals surface area contributed by atoms with E-state index in [-0.39, 0.29) is 30.8 Å². The third kappa shape index (κ3) is 4.73. The van der Waals surface area contributed by atoms with Gasteiger partial charge in [-0.1, -0.05) is 12.1 Å². The van der Waals surface area contributed by atoms with Crippen LogP contribution in [0.5, 0.6) is 0 Å². The Morgan fingerprint density at radius 1 is 1.11 bits per heavy atom. The van der Waals surface area contributed by atoms with E-state index >= 15 is 0 Å². The minimum atomic E-state index is -4.42. The van der Waals surface area contributed by atoms with Gasteiger partial charge in [-0.05, 0) is 19.1 Å². The minimum Gasteiger partial charge on any atom is -0.466 e. The number of carbonyl (C=O) groups is 2. The van der Waals surface area contributed by atoms with Crippen molar-refractivity contribution >= 4 is 11.8 Å². The number of hydrogen-bond acceptors (Lipinski definition) is 3. The third-order valence-corrected chi connectivity index (χ3v) is 2.40. The number of halogens is 3. The van der Waals surface area contributed by atoms with Gasteiger partial charge in [-0.15, -0.1) is 0 Å². The fourth-order valence-corrected chi connectivity index (χ4v) is 1.44. The SMILES string of the molecule is CCOC(=O)CCC(=O)c1ccc(C(F)(F)F)cc1. The van der Waals surface area contributed by atoms with E-state index in [1.165, 1.54) is 0 Å². The van der Waals surface area contributed by atoms with Crippen LogP contribution in [0, 0.1) is 0 Å². The fraction of sp³-hybridized carbons (Fsp3) is 0.385. The van der Waals surface area contributed by atoms with Crippen molar-refractivity contribution < 1.29 is 27.5 Å². The van der Waals surface area contributed by atoms with Crippen molar-refractivity contribution in [1.82, 2.24) is 0 Å². The van der Waals surface area contributed by atoms with Gasteiger partial charge in [-0.2, -0.15) is 13.2 Å². The molecule has 0 atom stereocenters. The lowest BCUT2D eigenvalue weighted by molar-refractivity contribution is -0.143. The molecule has 0 spiro atoms. The summed E-state index contributed by atoms with van der Waals surface area (Å²) < 4.78 is 41.6. The van der Waals surface area contributed by atoms with Crippen molar-refractivity contribution in [3.05, 3.63) is 35.4 Å². The summed E-state index contributed by atoms with van der Waals surface area (Å²) >= 11 is 0. The van der Waals surface area contributed by atoms with E-state index in [0.717, 1.165) is 24.3 Å². The maximum absolute atomic E-state index is 12.3. The summed E-state index contributed by atoms with van der Waals surface area (Å²) in [6, 6.07) is 3.90. The van der Waals surface area contributed by atoms with Crippen LogP contribution in [-0.2, 0) is 15.7 Å². The molecule has 0 amide bonds. The number of esters is 1. The van der Waals surface area contributed by atoms with Crippen LogP contribution in [0.2, 0.25) is 0 Å². The third-order valence-electron chi connectivity index (χ3n) is 2.40. The number of ketones is 1. The second-order valence-electron chi connectivity index (χ2n) is 3.80. The molecule has 0 N–H and O–H groups in total. The van der Waals surface area contributed by atoms with E-state index in [2.05, 4.69) is 4.74 Å². The highest BCUT2D eigenvalue weighted by Crippen LogP contribution is 2.29. The van der Waals surface area contributed by atoms with Crippen molar-refractivity contribution in [3.63, 3.8) is 0 Å². The number of ether oxygens (including phenoxy) is 1. The summed E-state index contributed by atoms with van der Waals surface area (Å²) in [7, 11) is 0. The highest BCUT2D eigenvalue weighted by Gasteiger charge is 2.30. The number of alkyl halides is 3. The van der Waals surface area contributed by atoms with Crippen molar-refractivity contribution in [2.45, 2.75) is 25.9 Å². The first-order valence-corrected chi connectivity index (χ1v) is 5.70. The second kappa shape index (κ2) is 6.36. The zero-order chi connectivity index (χ0) is 14.5. The normalized spacial score (nSPS) is 11.2. The molecule has 104 valence electrons. The van der Waals surface area contributed by atoms with Gasteiger partial charge < -0.3 is 4.74 Å². The monoisotopic (exact) mass is 274 g/mol. The second-order valence-corrected chi connectivity index (χ2v) is 3.80. The smallest absolute Gasteiger partial charge is 0.416 e. The van der Waals surface area contributed by atoms with Gasteiger partial charge in [0.25, 0.3) is 0 Å². The van der Waals surface area contributed by atoms with Crippen molar-refractivity contribution in [1.29, 1.82) is 0 Å². The van der Waals surface area contributed by atoms with Crippen LogP contribution in [0.4, 0.5) is 13.2 Å². The molecule has 0 radical (unpaired) electrons. The van der Waals surface area contributed by atoms with Gasteiger partial charge in [-0.25, -0.2) is 0 Å². The molecular formula is C13H13F3O3. The Labute approximate surface area is 108 Å². The molecule has 0 heterocycles. The van der Waals surface area contributed by atoms with E-state index in [0.29, 0.717) is 0 Å². The molecular weight excluding hydrogens is 261 g/mol. The number of rotatable bonds is 5. The van der Waals surface area contributed by atoms with Crippen LogP contribution in [0.3, 0.4) is 0 Å². The Hall–Kier alpha value is -1.85. The van der Waals surface area contributed by atoms with Crippen LogP contribution in [0.1, 0.15) is 35.7 Å². The maximum Gasteiger partial charge on any atom is 0.416 e. The first-order chi connectivity index (χ1) is 8.84. The predicted molar refractivity (Wildman–Crippen MR) is 61.6 cm³/mol. The Kier molecular flexibility index (Phi) is 5.09. The Balaban J connectivity index is 2.61. The zero-order valence-corrected chi connectivity index (χ0v) is 10.3. The number of benzene rings is 1. The molecule has 0 saturated heterocycles. The quantitative estimate of drug-likeness (QED) is 0.611. The van der Waals surface area contributed by atoms with Gasteiger partial charge in [-0.3, -0.25) is 9.59 Å². The van der Waals surface area contributed by atoms with Crippen LogP contribution < -0.4 is 0 Å². The topological polar surface area (TPSA) is 43.4 Å². The molecule has 0 aromatic heterocycles. The Morgan fingerprint density at radius 3 is 2.16 bits per heavy atom. The summed E-state index contributed by atoms with van der Waals surface area (Å²) in [5.41, 5.74) is -0.660. The summed E-state index contributed by atoms with van der Waals surface area (Å²) in [5.74, 6) is -0.885.